The molecule has 0 bridgehead atoms. The number of carbonyl (C=O) groups is 1. The van der Waals surface area contributed by atoms with Gasteiger partial charge < -0.3 is 20.7 Å². The maximum atomic E-state index is 13.6. The van der Waals surface area contributed by atoms with Crippen LogP contribution in [0.15, 0.2) is 64.9 Å². The monoisotopic (exact) mass is 664 g/mol. The fraction of sp³-hybridized carbons (Fsp3) is 0.333. The van der Waals surface area contributed by atoms with Crippen LogP contribution in [0.4, 0.5) is 23.2 Å². The number of nitrogens with zero attached hydrogens (tertiary/aromatic N) is 6. The molecule has 0 atom stereocenters. The molecule has 0 saturated carbocycles. The second-order valence-corrected chi connectivity index (χ2v) is 11.2. The van der Waals surface area contributed by atoms with Crippen molar-refractivity contribution in [2.75, 3.05) is 38.0 Å². The molecular formula is C30H33ClF4N8O3. The van der Waals surface area contributed by atoms with Gasteiger partial charge in [-0.25, -0.2) is 18.9 Å². The number of aromatic nitrogens is 3. The summed E-state index contributed by atoms with van der Waals surface area (Å²) in [6.07, 6.45) is -1.24. The van der Waals surface area contributed by atoms with Crippen molar-refractivity contribution >= 4 is 40.9 Å². The van der Waals surface area contributed by atoms with Gasteiger partial charge in [-0.3, -0.25) is 14.6 Å². The molecule has 3 aromatic rings. The SMILES string of the molecule is C=C(/N=C\C(=C(/N)n1ccc(C(F)(F)F)n1)c1cc(C(=O)O)c(=O)n(CCN2CCN(C(C)C)CC2)c1)Nc1ccc(F)c(Cl)c1. The number of nitrogens with one attached hydrogen (secondary N) is 1. The van der Waals surface area contributed by atoms with E-state index >= 15 is 0 Å². The van der Waals surface area contributed by atoms with E-state index in [1.807, 2.05) is 0 Å². The molecule has 0 unspecified atom stereocenters. The Morgan fingerprint density at radius 2 is 1.89 bits per heavy atom. The topological polar surface area (TPSA) is 134 Å². The fourth-order valence-electron chi connectivity index (χ4n) is 4.79. The normalized spacial score (nSPS) is 15.4. The molecule has 0 radical (unpaired) electrons. The summed E-state index contributed by atoms with van der Waals surface area (Å²) >= 11 is 5.83. The van der Waals surface area contributed by atoms with Crippen LogP contribution in [0.25, 0.3) is 11.4 Å². The van der Waals surface area contributed by atoms with Gasteiger partial charge in [0.05, 0.1) is 5.02 Å². The Balaban J connectivity index is 1.72. The molecule has 4 N–H and O–H groups in total. The zero-order chi connectivity index (χ0) is 33.8. The van der Waals surface area contributed by atoms with Gasteiger partial charge in [0, 0.05) is 80.7 Å². The van der Waals surface area contributed by atoms with Crippen LogP contribution in [0, 0.1) is 5.82 Å². The molecule has 0 spiro atoms. The lowest BCUT2D eigenvalue weighted by atomic mass is 10.1. The van der Waals surface area contributed by atoms with Crippen LogP contribution in [-0.2, 0) is 12.7 Å². The summed E-state index contributed by atoms with van der Waals surface area (Å²) in [6, 6.07) is 6.00. The molecule has 0 amide bonds. The number of pyridine rings is 1. The molecule has 0 aliphatic carbocycles. The first-order valence-electron chi connectivity index (χ1n) is 14.2. The molecule has 16 heteroatoms. The van der Waals surface area contributed by atoms with E-state index in [0.29, 0.717) is 18.3 Å². The van der Waals surface area contributed by atoms with E-state index in [-0.39, 0.29) is 34.3 Å². The number of carboxylic acid groups (broad SMARTS) is 1. The molecule has 2 aromatic heterocycles. The van der Waals surface area contributed by atoms with Gasteiger partial charge >= 0.3 is 12.1 Å². The van der Waals surface area contributed by atoms with E-state index in [4.69, 9.17) is 17.3 Å². The molecular weight excluding hydrogens is 632 g/mol. The van der Waals surface area contributed by atoms with E-state index in [1.54, 1.807) is 0 Å². The van der Waals surface area contributed by atoms with Crippen molar-refractivity contribution in [2.24, 2.45) is 10.7 Å². The highest BCUT2D eigenvalue weighted by atomic mass is 35.5. The van der Waals surface area contributed by atoms with E-state index in [2.05, 4.69) is 45.6 Å². The number of piperazine rings is 1. The van der Waals surface area contributed by atoms with Crippen LogP contribution in [0.3, 0.4) is 0 Å². The second kappa shape index (κ2) is 14.3. The van der Waals surface area contributed by atoms with Gasteiger partial charge in [-0.1, -0.05) is 18.2 Å². The van der Waals surface area contributed by atoms with Crippen molar-refractivity contribution in [1.29, 1.82) is 0 Å². The lowest BCUT2D eigenvalue weighted by Gasteiger charge is -2.37. The first-order valence-corrected chi connectivity index (χ1v) is 14.5. The molecule has 11 nitrogen and oxygen atoms in total. The van der Waals surface area contributed by atoms with Crippen LogP contribution in [-0.4, -0.2) is 80.2 Å². The summed E-state index contributed by atoms with van der Waals surface area (Å²) in [5.74, 6) is -2.49. The lowest BCUT2D eigenvalue weighted by Crippen LogP contribution is -2.49. The minimum atomic E-state index is -4.75. The minimum Gasteiger partial charge on any atom is -0.477 e. The Kier molecular flexibility index (Phi) is 10.7. The predicted molar refractivity (Wildman–Crippen MR) is 168 cm³/mol. The number of nitrogens with two attached hydrogens (primary N) is 1. The number of hydrogen-bond donors (Lipinski definition) is 3. The Morgan fingerprint density at radius 1 is 1.20 bits per heavy atom. The highest BCUT2D eigenvalue weighted by molar-refractivity contribution is 6.31. The third kappa shape index (κ3) is 8.41. The zero-order valence-corrected chi connectivity index (χ0v) is 25.8. The summed E-state index contributed by atoms with van der Waals surface area (Å²) in [7, 11) is 0. The number of benzene rings is 1. The molecule has 246 valence electrons. The molecule has 3 heterocycles. The van der Waals surface area contributed by atoms with Gasteiger partial charge in [0.15, 0.2) is 5.69 Å². The number of halogens is 5. The summed E-state index contributed by atoms with van der Waals surface area (Å²) in [5.41, 5.74) is 4.12. The number of carboxylic acids is 1. The number of allylic oxidation sites excluding steroid dienone is 1. The minimum absolute atomic E-state index is 0.00302. The Bertz CT molecular complexity index is 1720. The molecule has 4 rings (SSSR count). The second-order valence-electron chi connectivity index (χ2n) is 10.8. The van der Waals surface area contributed by atoms with Crippen molar-refractivity contribution in [3.8, 4) is 0 Å². The number of hydrogen-bond acceptors (Lipinski definition) is 8. The quantitative estimate of drug-likeness (QED) is 0.201. The number of aliphatic imine (C=N–C) groups is 1. The number of anilines is 1. The van der Waals surface area contributed by atoms with E-state index in [1.165, 1.54) is 22.9 Å². The molecule has 46 heavy (non-hydrogen) atoms. The number of aromatic carboxylic acids is 1. The van der Waals surface area contributed by atoms with Crippen molar-refractivity contribution < 1.29 is 27.5 Å². The Morgan fingerprint density at radius 3 is 2.48 bits per heavy atom. The van der Waals surface area contributed by atoms with E-state index < -0.39 is 34.8 Å². The molecule has 1 saturated heterocycles. The van der Waals surface area contributed by atoms with Crippen LogP contribution < -0.4 is 16.6 Å². The first kappa shape index (κ1) is 34.4. The van der Waals surface area contributed by atoms with E-state index in [0.717, 1.165) is 61.5 Å². The first-order chi connectivity index (χ1) is 21.6. The van der Waals surface area contributed by atoms with Crippen LogP contribution in [0.5, 0.6) is 0 Å². The fourth-order valence-corrected chi connectivity index (χ4v) is 4.97. The van der Waals surface area contributed by atoms with Gasteiger partial charge in [-0.2, -0.15) is 18.3 Å². The van der Waals surface area contributed by atoms with Gasteiger partial charge in [-0.15, -0.1) is 0 Å². The van der Waals surface area contributed by atoms with Crippen LogP contribution in [0.1, 0.15) is 35.5 Å². The summed E-state index contributed by atoms with van der Waals surface area (Å²) in [5, 5.41) is 16.0. The molecule has 1 aliphatic rings. The Hall–Kier alpha value is -4.47. The van der Waals surface area contributed by atoms with Crippen LogP contribution >= 0.6 is 11.6 Å². The zero-order valence-electron chi connectivity index (χ0n) is 25.1. The number of alkyl halides is 3. The van der Waals surface area contributed by atoms with E-state index in [9.17, 15) is 32.3 Å². The third-order valence-corrected chi connectivity index (χ3v) is 7.67. The Labute approximate surface area is 266 Å². The molecule has 1 aliphatic heterocycles. The average molecular weight is 665 g/mol. The maximum Gasteiger partial charge on any atom is 0.435 e. The summed E-state index contributed by atoms with van der Waals surface area (Å²) < 4.78 is 55.5. The van der Waals surface area contributed by atoms with Gasteiger partial charge in [0.25, 0.3) is 5.56 Å². The van der Waals surface area contributed by atoms with Gasteiger partial charge in [-0.05, 0) is 44.2 Å². The maximum absolute atomic E-state index is 13.6. The van der Waals surface area contributed by atoms with Crippen molar-refractivity contribution in [3.05, 3.63) is 93.1 Å². The highest BCUT2D eigenvalue weighted by Crippen LogP contribution is 2.28. The van der Waals surface area contributed by atoms with Gasteiger partial charge in [0.1, 0.15) is 23.0 Å². The predicted octanol–water partition coefficient (Wildman–Crippen LogP) is 4.52. The third-order valence-electron chi connectivity index (χ3n) is 7.38. The van der Waals surface area contributed by atoms with Crippen molar-refractivity contribution in [1.82, 2.24) is 24.1 Å². The largest absolute Gasteiger partial charge is 0.477 e. The molecule has 1 fully saturated rings. The summed E-state index contributed by atoms with van der Waals surface area (Å²) in [4.78, 5) is 33.9. The highest BCUT2D eigenvalue weighted by Gasteiger charge is 2.34. The van der Waals surface area contributed by atoms with Gasteiger partial charge in [0.2, 0.25) is 0 Å². The molecule has 1 aromatic carbocycles. The summed E-state index contributed by atoms with van der Waals surface area (Å²) in [6.45, 7) is 11.8. The average Bonchev–Trinajstić information content (AvgIpc) is 3.50. The standard InChI is InChI=1S/C30H33ClF4N8O3/c1-18(2)41-11-8-40(9-12-41)10-13-42-17-20(14-22(28(42)44)29(45)46)23(27(36)43-7-6-26(39-43)30(33,34)35)16-37-19(3)38-21-4-5-25(32)24(31)15-21/h4-7,14-18,38H,3,8-13,36H2,1-2H3,(H,45,46)/b27-23-,37-16-. The lowest BCUT2D eigenvalue weighted by molar-refractivity contribution is -0.141. The smallest absolute Gasteiger partial charge is 0.435 e. The van der Waals surface area contributed by atoms with Crippen molar-refractivity contribution in [3.63, 3.8) is 0 Å². The van der Waals surface area contributed by atoms with Crippen LogP contribution in [0.2, 0.25) is 5.02 Å². The number of rotatable bonds is 11. The van der Waals surface area contributed by atoms with Crippen molar-refractivity contribution in [2.45, 2.75) is 32.6 Å².